The quantitative estimate of drug-likeness (QED) is 0.730. The number of nitrogens with one attached hydrogen (secondary N) is 2. The third-order valence-corrected chi connectivity index (χ3v) is 4.73. The van der Waals surface area contributed by atoms with Crippen molar-refractivity contribution in [2.24, 2.45) is 5.92 Å². The molecule has 0 bridgehead atoms. The Hall–Kier alpha value is -3.28. The van der Waals surface area contributed by atoms with Gasteiger partial charge in [0.05, 0.1) is 19.3 Å². The van der Waals surface area contributed by atoms with Gasteiger partial charge in [-0.15, -0.1) is 0 Å². The van der Waals surface area contributed by atoms with Gasteiger partial charge in [-0.25, -0.2) is 4.98 Å². The van der Waals surface area contributed by atoms with Crippen molar-refractivity contribution in [2.45, 2.75) is 6.42 Å². The number of hydrogen-bond acceptors (Lipinski definition) is 4. The number of fused-ring (bicyclic) bond motifs is 1. The molecular weight excluding hydrogens is 342 g/mol. The van der Waals surface area contributed by atoms with Crippen LogP contribution < -0.4 is 14.8 Å². The summed E-state index contributed by atoms with van der Waals surface area (Å²) in [6.07, 6.45) is 4.28. The van der Waals surface area contributed by atoms with Crippen LogP contribution in [0.4, 0.5) is 0 Å². The van der Waals surface area contributed by atoms with Gasteiger partial charge in [0.2, 0.25) is 0 Å². The second kappa shape index (κ2) is 7.53. The van der Waals surface area contributed by atoms with Crippen LogP contribution in [-0.2, 0) is 6.42 Å². The zero-order valence-electron chi connectivity index (χ0n) is 15.1. The number of ether oxygens (including phenoxy) is 2. The maximum absolute atomic E-state index is 12.7. The van der Waals surface area contributed by atoms with Crippen LogP contribution in [0.3, 0.4) is 0 Å². The number of hydrogen-bond donors (Lipinski definition) is 2. The summed E-state index contributed by atoms with van der Waals surface area (Å²) in [6.45, 7) is 1.12. The fraction of sp³-hybridized carbons (Fsp3) is 0.238. The molecule has 6 nitrogen and oxygen atoms in total. The lowest BCUT2D eigenvalue weighted by atomic mass is 9.96. The van der Waals surface area contributed by atoms with Gasteiger partial charge < -0.3 is 19.8 Å². The summed E-state index contributed by atoms with van der Waals surface area (Å²) in [4.78, 5) is 20.0. The molecule has 0 radical (unpaired) electrons. The van der Waals surface area contributed by atoms with Crippen molar-refractivity contribution >= 4 is 5.91 Å². The van der Waals surface area contributed by atoms with Crippen LogP contribution in [0.2, 0.25) is 0 Å². The lowest BCUT2D eigenvalue weighted by molar-refractivity contribution is 0.0939. The van der Waals surface area contributed by atoms with Gasteiger partial charge in [0, 0.05) is 36.5 Å². The maximum atomic E-state index is 12.7. The third kappa shape index (κ3) is 3.65. The minimum absolute atomic E-state index is 0.109. The van der Waals surface area contributed by atoms with Gasteiger partial charge in [0.15, 0.2) is 0 Å². The zero-order chi connectivity index (χ0) is 18.6. The Bertz CT molecular complexity index is 938. The summed E-state index contributed by atoms with van der Waals surface area (Å²) in [6, 6.07) is 13.3. The molecule has 0 saturated carbocycles. The van der Waals surface area contributed by atoms with E-state index in [9.17, 15) is 4.79 Å². The Morgan fingerprint density at radius 1 is 1.33 bits per heavy atom. The van der Waals surface area contributed by atoms with E-state index in [-0.39, 0.29) is 11.8 Å². The molecule has 1 aliphatic heterocycles. The average molecular weight is 363 g/mol. The zero-order valence-corrected chi connectivity index (χ0v) is 15.1. The minimum Gasteiger partial charge on any atom is -0.497 e. The number of benzene rings is 2. The SMILES string of the molecule is COc1ccc2c(c1)OC[C@H](CNC(=O)c1ccccc1-c1ncc[nH]1)C2. The van der Waals surface area contributed by atoms with Gasteiger partial charge in [0.25, 0.3) is 5.91 Å². The number of rotatable bonds is 5. The van der Waals surface area contributed by atoms with Crippen LogP contribution in [-0.4, -0.2) is 36.1 Å². The molecule has 6 heteroatoms. The van der Waals surface area contributed by atoms with Crippen LogP contribution in [0.15, 0.2) is 54.9 Å². The molecular formula is C21H21N3O3. The molecule has 1 aromatic heterocycles. The molecule has 2 heterocycles. The fourth-order valence-electron chi connectivity index (χ4n) is 3.31. The van der Waals surface area contributed by atoms with E-state index in [0.29, 0.717) is 24.5 Å². The predicted molar refractivity (Wildman–Crippen MR) is 102 cm³/mol. The Morgan fingerprint density at radius 3 is 3.04 bits per heavy atom. The average Bonchev–Trinajstić information content (AvgIpc) is 3.26. The molecule has 4 rings (SSSR count). The van der Waals surface area contributed by atoms with Crippen molar-refractivity contribution in [1.82, 2.24) is 15.3 Å². The number of nitrogens with zero attached hydrogens (tertiary/aromatic N) is 1. The van der Waals surface area contributed by atoms with E-state index in [1.165, 1.54) is 0 Å². The van der Waals surface area contributed by atoms with Crippen LogP contribution in [0.1, 0.15) is 15.9 Å². The topological polar surface area (TPSA) is 76.2 Å². The summed E-state index contributed by atoms with van der Waals surface area (Å²) < 4.78 is 11.1. The van der Waals surface area contributed by atoms with E-state index in [1.54, 1.807) is 19.5 Å². The highest BCUT2D eigenvalue weighted by atomic mass is 16.5. The van der Waals surface area contributed by atoms with Gasteiger partial charge in [0.1, 0.15) is 17.3 Å². The Labute approximate surface area is 157 Å². The lowest BCUT2D eigenvalue weighted by Crippen LogP contribution is -2.35. The second-order valence-electron chi connectivity index (χ2n) is 6.55. The van der Waals surface area contributed by atoms with Crippen molar-refractivity contribution in [3.63, 3.8) is 0 Å². The molecule has 138 valence electrons. The van der Waals surface area contributed by atoms with Gasteiger partial charge in [-0.3, -0.25) is 4.79 Å². The number of imidazole rings is 1. The Morgan fingerprint density at radius 2 is 2.22 bits per heavy atom. The molecule has 3 aromatic rings. The molecule has 2 N–H and O–H groups in total. The van der Waals surface area contributed by atoms with Gasteiger partial charge in [-0.2, -0.15) is 0 Å². The van der Waals surface area contributed by atoms with Crippen LogP contribution >= 0.6 is 0 Å². The number of aromatic nitrogens is 2. The molecule has 0 spiro atoms. The van der Waals surface area contributed by atoms with E-state index >= 15 is 0 Å². The first-order valence-corrected chi connectivity index (χ1v) is 8.91. The molecule has 0 aliphatic carbocycles. The minimum atomic E-state index is -0.109. The van der Waals surface area contributed by atoms with Crippen LogP contribution in [0.5, 0.6) is 11.5 Å². The summed E-state index contributed by atoms with van der Waals surface area (Å²) in [5.74, 6) is 2.45. The summed E-state index contributed by atoms with van der Waals surface area (Å²) in [5.41, 5.74) is 2.53. The number of H-pyrrole nitrogens is 1. The molecule has 1 atom stereocenters. The Balaban J connectivity index is 1.42. The number of aromatic amines is 1. The van der Waals surface area contributed by atoms with Gasteiger partial charge in [-0.1, -0.05) is 24.3 Å². The van der Waals surface area contributed by atoms with Gasteiger partial charge in [-0.05, 0) is 24.1 Å². The van der Waals surface area contributed by atoms with E-state index in [2.05, 4.69) is 15.3 Å². The molecule has 1 amide bonds. The van der Waals surface area contributed by atoms with E-state index in [1.807, 2.05) is 42.5 Å². The standard InChI is InChI=1S/C21H21N3O3/c1-26-16-7-6-15-10-14(13-27-19(15)11-16)12-24-21(25)18-5-3-2-4-17(18)20-22-8-9-23-20/h2-9,11,14H,10,12-13H2,1H3,(H,22,23)(H,24,25)/t14-/m0/s1. The molecule has 0 fully saturated rings. The third-order valence-electron chi connectivity index (χ3n) is 4.73. The second-order valence-corrected chi connectivity index (χ2v) is 6.55. The highest BCUT2D eigenvalue weighted by Crippen LogP contribution is 2.30. The first-order valence-electron chi connectivity index (χ1n) is 8.91. The van der Waals surface area contributed by atoms with E-state index in [4.69, 9.17) is 9.47 Å². The lowest BCUT2D eigenvalue weighted by Gasteiger charge is -2.26. The van der Waals surface area contributed by atoms with Crippen molar-refractivity contribution in [1.29, 1.82) is 0 Å². The molecule has 0 unspecified atom stereocenters. The van der Waals surface area contributed by atoms with E-state index < -0.39 is 0 Å². The predicted octanol–water partition coefficient (Wildman–Crippen LogP) is 3.07. The first kappa shape index (κ1) is 17.1. The normalized spacial score (nSPS) is 15.5. The number of methoxy groups -OCH3 is 1. The smallest absolute Gasteiger partial charge is 0.252 e. The largest absolute Gasteiger partial charge is 0.497 e. The number of carbonyl (C=O) groups excluding carboxylic acids is 1. The monoisotopic (exact) mass is 363 g/mol. The summed E-state index contributed by atoms with van der Waals surface area (Å²) in [7, 11) is 1.64. The molecule has 1 aliphatic rings. The fourth-order valence-corrected chi connectivity index (χ4v) is 3.31. The van der Waals surface area contributed by atoms with E-state index in [0.717, 1.165) is 29.0 Å². The van der Waals surface area contributed by atoms with Crippen molar-refractivity contribution in [3.8, 4) is 22.9 Å². The molecule has 0 saturated heterocycles. The highest BCUT2D eigenvalue weighted by molar-refractivity contribution is 6.00. The van der Waals surface area contributed by atoms with Crippen LogP contribution in [0.25, 0.3) is 11.4 Å². The highest BCUT2D eigenvalue weighted by Gasteiger charge is 2.22. The Kier molecular flexibility index (Phi) is 4.78. The molecule has 2 aromatic carbocycles. The summed E-state index contributed by atoms with van der Waals surface area (Å²) in [5, 5.41) is 3.04. The number of amides is 1. The maximum Gasteiger partial charge on any atom is 0.252 e. The van der Waals surface area contributed by atoms with Crippen molar-refractivity contribution in [3.05, 3.63) is 66.0 Å². The van der Waals surface area contributed by atoms with Crippen molar-refractivity contribution < 1.29 is 14.3 Å². The first-order chi connectivity index (χ1) is 13.2. The molecule has 27 heavy (non-hydrogen) atoms. The number of carbonyl (C=O) groups is 1. The summed E-state index contributed by atoms with van der Waals surface area (Å²) >= 11 is 0. The van der Waals surface area contributed by atoms with Crippen LogP contribution in [0, 0.1) is 5.92 Å². The van der Waals surface area contributed by atoms with Crippen molar-refractivity contribution in [2.75, 3.05) is 20.3 Å². The van der Waals surface area contributed by atoms with Gasteiger partial charge >= 0.3 is 0 Å².